The standard InChI is InChI=1S/C10H10N6O2S/c1-7(10-13-6-14-15-10)16-19(17,18)9-3-2-4-12-8(9)5-11/h2-4,6-7,16H,1H3,(H,13,14,15). The molecule has 0 amide bonds. The van der Waals surface area contributed by atoms with Crippen LogP contribution in [0.4, 0.5) is 0 Å². The number of H-pyrrole nitrogens is 1. The third-order valence-electron chi connectivity index (χ3n) is 2.34. The highest BCUT2D eigenvalue weighted by Gasteiger charge is 2.23. The predicted octanol–water partition coefficient (Wildman–Crippen LogP) is 0.111. The maximum atomic E-state index is 12.2. The second-order valence-corrected chi connectivity index (χ2v) is 5.36. The van der Waals surface area contributed by atoms with E-state index in [1.165, 1.54) is 24.7 Å². The summed E-state index contributed by atoms with van der Waals surface area (Å²) < 4.78 is 26.7. The van der Waals surface area contributed by atoms with Crippen LogP contribution in [0, 0.1) is 11.3 Å². The lowest BCUT2D eigenvalue weighted by Crippen LogP contribution is -2.28. The van der Waals surface area contributed by atoms with E-state index in [0.717, 1.165) is 0 Å². The fraction of sp³-hybridized carbons (Fsp3) is 0.200. The predicted molar refractivity (Wildman–Crippen MR) is 64.1 cm³/mol. The summed E-state index contributed by atoms with van der Waals surface area (Å²) in [5.74, 6) is 0.381. The van der Waals surface area contributed by atoms with Gasteiger partial charge in [0.25, 0.3) is 0 Å². The molecule has 2 rings (SSSR count). The summed E-state index contributed by atoms with van der Waals surface area (Å²) in [6.45, 7) is 1.61. The zero-order valence-corrected chi connectivity index (χ0v) is 10.7. The average Bonchev–Trinajstić information content (AvgIpc) is 2.92. The molecule has 9 heteroatoms. The van der Waals surface area contributed by atoms with Crippen molar-refractivity contribution in [3.8, 4) is 6.07 Å². The van der Waals surface area contributed by atoms with Crippen molar-refractivity contribution in [2.45, 2.75) is 17.9 Å². The summed E-state index contributed by atoms with van der Waals surface area (Å²) in [6, 6.07) is 3.92. The van der Waals surface area contributed by atoms with Crippen LogP contribution in [0.15, 0.2) is 29.6 Å². The van der Waals surface area contributed by atoms with Crippen LogP contribution in [-0.2, 0) is 10.0 Å². The van der Waals surface area contributed by atoms with E-state index >= 15 is 0 Å². The van der Waals surface area contributed by atoms with E-state index in [-0.39, 0.29) is 10.6 Å². The molecule has 2 N–H and O–H groups in total. The summed E-state index contributed by atoms with van der Waals surface area (Å²) in [4.78, 5) is 7.42. The summed E-state index contributed by atoms with van der Waals surface area (Å²) in [7, 11) is -3.85. The van der Waals surface area contributed by atoms with Gasteiger partial charge in [-0.15, -0.1) is 0 Å². The molecular weight excluding hydrogens is 268 g/mol. The SMILES string of the molecule is CC(NS(=O)(=O)c1cccnc1C#N)c1ncn[nH]1. The number of hydrogen-bond donors (Lipinski definition) is 2. The van der Waals surface area contributed by atoms with E-state index in [2.05, 4.69) is 24.9 Å². The van der Waals surface area contributed by atoms with Crippen molar-refractivity contribution >= 4 is 10.0 Å². The molecule has 0 saturated carbocycles. The third kappa shape index (κ3) is 2.75. The summed E-state index contributed by atoms with van der Waals surface area (Å²) in [6.07, 6.45) is 2.64. The molecule has 19 heavy (non-hydrogen) atoms. The minimum Gasteiger partial charge on any atom is -0.262 e. The number of nitrogens with zero attached hydrogens (tertiary/aromatic N) is 4. The minimum absolute atomic E-state index is 0.153. The van der Waals surface area contributed by atoms with Crippen LogP contribution in [0.1, 0.15) is 24.5 Å². The van der Waals surface area contributed by atoms with Gasteiger partial charge in [0.1, 0.15) is 23.1 Å². The van der Waals surface area contributed by atoms with Gasteiger partial charge in [-0.1, -0.05) is 0 Å². The van der Waals surface area contributed by atoms with Crippen LogP contribution >= 0.6 is 0 Å². The number of hydrogen-bond acceptors (Lipinski definition) is 6. The Bertz CT molecular complexity index is 704. The Morgan fingerprint density at radius 2 is 2.26 bits per heavy atom. The number of sulfonamides is 1. The van der Waals surface area contributed by atoms with E-state index in [4.69, 9.17) is 5.26 Å². The molecule has 0 bridgehead atoms. The Labute approximate surface area is 109 Å². The van der Waals surface area contributed by atoms with Crippen molar-refractivity contribution in [3.05, 3.63) is 36.2 Å². The first-order chi connectivity index (χ1) is 9.04. The molecule has 2 heterocycles. The van der Waals surface area contributed by atoms with Crippen LogP contribution in [-0.4, -0.2) is 28.6 Å². The molecule has 0 radical (unpaired) electrons. The van der Waals surface area contributed by atoms with Gasteiger partial charge in [0.05, 0.1) is 6.04 Å². The maximum Gasteiger partial charge on any atom is 0.244 e. The van der Waals surface area contributed by atoms with Crippen molar-refractivity contribution in [1.82, 2.24) is 24.9 Å². The van der Waals surface area contributed by atoms with Gasteiger partial charge in [0.15, 0.2) is 5.69 Å². The first kappa shape index (κ1) is 13.1. The second kappa shape index (κ2) is 5.13. The molecular formula is C10H10N6O2S. The van der Waals surface area contributed by atoms with Crippen molar-refractivity contribution in [1.29, 1.82) is 5.26 Å². The molecule has 2 aromatic rings. The largest absolute Gasteiger partial charge is 0.262 e. The Morgan fingerprint density at radius 1 is 1.47 bits per heavy atom. The molecule has 0 aromatic carbocycles. The zero-order valence-electron chi connectivity index (χ0n) is 9.90. The first-order valence-corrected chi connectivity index (χ1v) is 6.75. The van der Waals surface area contributed by atoms with Crippen LogP contribution in [0.25, 0.3) is 0 Å². The topological polar surface area (TPSA) is 124 Å². The Balaban J connectivity index is 2.31. The normalized spacial score (nSPS) is 12.8. The molecule has 98 valence electrons. The summed E-state index contributed by atoms with van der Waals surface area (Å²) >= 11 is 0. The van der Waals surface area contributed by atoms with Gasteiger partial charge in [-0.05, 0) is 19.1 Å². The molecule has 0 saturated heterocycles. The number of nitrogens with one attached hydrogen (secondary N) is 2. The molecule has 8 nitrogen and oxygen atoms in total. The van der Waals surface area contributed by atoms with Gasteiger partial charge >= 0.3 is 0 Å². The maximum absolute atomic E-state index is 12.2. The second-order valence-electron chi connectivity index (χ2n) is 3.68. The van der Waals surface area contributed by atoms with E-state index in [9.17, 15) is 8.42 Å². The Hall–Kier alpha value is -2.31. The van der Waals surface area contributed by atoms with Gasteiger partial charge in [0, 0.05) is 6.20 Å². The van der Waals surface area contributed by atoms with Gasteiger partial charge in [-0.2, -0.15) is 10.4 Å². The number of pyridine rings is 1. The van der Waals surface area contributed by atoms with Crippen LogP contribution in [0.3, 0.4) is 0 Å². The smallest absolute Gasteiger partial charge is 0.244 e. The molecule has 0 aliphatic heterocycles. The van der Waals surface area contributed by atoms with Gasteiger partial charge in [-0.25, -0.2) is 23.1 Å². The van der Waals surface area contributed by atoms with E-state index in [1.807, 2.05) is 0 Å². The zero-order chi connectivity index (χ0) is 13.9. The highest BCUT2D eigenvalue weighted by molar-refractivity contribution is 7.89. The molecule has 0 spiro atoms. The monoisotopic (exact) mass is 278 g/mol. The van der Waals surface area contributed by atoms with Crippen molar-refractivity contribution in [2.75, 3.05) is 0 Å². The number of nitriles is 1. The Kier molecular flexibility index (Phi) is 3.55. The number of aromatic amines is 1. The lowest BCUT2D eigenvalue weighted by atomic mass is 10.3. The fourth-order valence-electron chi connectivity index (χ4n) is 1.47. The highest BCUT2D eigenvalue weighted by Crippen LogP contribution is 2.15. The van der Waals surface area contributed by atoms with Gasteiger partial charge < -0.3 is 0 Å². The first-order valence-electron chi connectivity index (χ1n) is 5.27. The molecule has 1 unspecified atom stereocenters. The molecule has 0 aliphatic carbocycles. The van der Waals surface area contributed by atoms with Gasteiger partial charge in [-0.3, -0.25) is 5.10 Å². The molecule has 0 fully saturated rings. The number of aromatic nitrogens is 4. The lowest BCUT2D eigenvalue weighted by molar-refractivity contribution is 0.559. The van der Waals surface area contributed by atoms with Crippen LogP contribution in [0.5, 0.6) is 0 Å². The molecule has 2 aromatic heterocycles. The average molecular weight is 278 g/mol. The van der Waals surface area contributed by atoms with E-state index < -0.39 is 16.1 Å². The molecule has 0 aliphatic rings. The van der Waals surface area contributed by atoms with Crippen molar-refractivity contribution in [3.63, 3.8) is 0 Å². The van der Waals surface area contributed by atoms with Crippen LogP contribution < -0.4 is 4.72 Å². The fourth-order valence-corrected chi connectivity index (χ4v) is 2.78. The number of rotatable bonds is 4. The quantitative estimate of drug-likeness (QED) is 0.817. The van der Waals surface area contributed by atoms with Crippen molar-refractivity contribution < 1.29 is 8.42 Å². The highest BCUT2D eigenvalue weighted by atomic mass is 32.2. The third-order valence-corrected chi connectivity index (χ3v) is 3.91. The van der Waals surface area contributed by atoms with Gasteiger partial charge in [0.2, 0.25) is 10.0 Å². The van der Waals surface area contributed by atoms with Crippen LogP contribution in [0.2, 0.25) is 0 Å². The van der Waals surface area contributed by atoms with E-state index in [0.29, 0.717) is 5.82 Å². The lowest BCUT2D eigenvalue weighted by Gasteiger charge is -2.12. The summed E-state index contributed by atoms with van der Waals surface area (Å²) in [5.41, 5.74) is -0.153. The van der Waals surface area contributed by atoms with E-state index in [1.54, 1.807) is 13.0 Å². The summed E-state index contributed by atoms with van der Waals surface area (Å²) in [5, 5.41) is 15.1. The minimum atomic E-state index is -3.85. The Morgan fingerprint density at radius 3 is 2.89 bits per heavy atom. The van der Waals surface area contributed by atoms with Crippen molar-refractivity contribution in [2.24, 2.45) is 0 Å². The molecule has 1 atom stereocenters.